The second kappa shape index (κ2) is 2.85. The fourth-order valence-corrected chi connectivity index (χ4v) is 1.20. The normalized spacial score (nSPS) is 10.4. The molecule has 0 bridgehead atoms. The van der Waals surface area contributed by atoms with Crippen molar-refractivity contribution in [2.24, 2.45) is 7.05 Å². The van der Waals surface area contributed by atoms with Gasteiger partial charge in [-0.2, -0.15) is 0 Å². The molecule has 2 heterocycles. The molecule has 3 heteroatoms. The highest BCUT2D eigenvalue weighted by molar-refractivity contribution is 5.01. The van der Waals surface area contributed by atoms with Crippen LogP contribution in [0.25, 0.3) is 0 Å². The van der Waals surface area contributed by atoms with Gasteiger partial charge < -0.3 is 9.13 Å². The lowest BCUT2D eigenvalue weighted by Gasteiger charge is -2.02. The number of aromatic nitrogens is 3. The van der Waals surface area contributed by atoms with Gasteiger partial charge in [-0.25, -0.2) is 4.98 Å². The highest BCUT2D eigenvalue weighted by Gasteiger charge is 1.97. The molecule has 2 aromatic rings. The highest BCUT2D eigenvalue weighted by atomic mass is 15.1. The minimum atomic E-state index is 0.892. The third-order valence-electron chi connectivity index (χ3n) is 1.93. The molecule has 3 nitrogen and oxygen atoms in total. The molecule has 0 aliphatic carbocycles. The quantitative estimate of drug-likeness (QED) is 0.650. The Balaban J connectivity index is 2.20. The average Bonchev–Trinajstić information content (AvgIpc) is 2.65. The van der Waals surface area contributed by atoms with Gasteiger partial charge in [0.15, 0.2) is 0 Å². The van der Waals surface area contributed by atoms with E-state index in [9.17, 15) is 0 Å². The average molecular weight is 161 g/mol. The summed E-state index contributed by atoms with van der Waals surface area (Å²) in [4.78, 5) is 4.05. The third kappa shape index (κ3) is 1.25. The second-order valence-electron chi connectivity index (χ2n) is 2.85. The molecule has 0 aliphatic heterocycles. The molecule has 0 unspecified atom stereocenters. The molecule has 0 aliphatic rings. The topological polar surface area (TPSA) is 22.8 Å². The molecular weight excluding hydrogens is 150 g/mol. The van der Waals surface area contributed by atoms with Crippen LogP contribution < -0.4 is 0 Å². The van der Waals surface area contributed by atoms with Crippen LogP contribution in [-0.2, 0) is 13.6 Å². The van der Waals surface area contributed by atoms with Gasteiger partial charge in [-0.05, 0) is 12.1 Å². The van der Waals surface area contributed by atoms with Gasteiger partial charge in [-0.15, -0.1) is 0 Å². The zero-order valence-corrected chi connectivity index (χ0v) is 7.01. The molecule has 0 saturated carbocycles. The lowest BCUT2D eigenvalue weighted by Crippen LogP contribution is -2.01. The Morgan fingerprint density at radius 1 is 1.33 bits per heavy atom. The van der Waals surface area contributed by atoms with Gasteiger partial charge in [-0.1, -0.05) is 0 Å². The largest absolute Gasteiger partial charge is 0.348 e. The zero-order chi connectivity index (χ0) is 8.39. The Kier molecular flexibility index (Phi) is 1.70. The SMILES string of the molecule is Cn1cncc1Cn1cccc1. The van der Waals surface area contributed by atoms with Crippen molar-refractivity contribution in [2.75, 3.05) is 0 Å². The van der Waals surface area contributed by atoms with Gasteiger partial charge in [0.2, 0.25) is 0 Å². The summed E-state index contributed by atoms with van der Waals surface area (Å²) < 4.78 is 4.15. The van der Waals surface area contributed by atoms with E-state index in [2.05, 4.69) is 9.55 Å². The lowest BCUT2D eigenvalue weighted by molar-refractivity contribution is 0.727. The van der Waals surface area contributed by atoms with E-state index in [-0.39, 0.29) is 0 Å². The van der Waals surface area contributed by atoms with E-state index in [1.807, 2.05) is 48.7 Å². The lowest BCUT2D eigenvalue weighted by atomic mass is 10.4. The smallest absolute Gasteiger partial charge is 0.0946 e. The van der Waals surface area contributed by atoms with Crippen LogP contribution in [0.4, 0.5) is 0 Å². The van der Waals surface area contributed by atoms with Crippen molar-refractivity contribution in [1.29, 1.82) is 0 Å². The third-order valence-corrected chi connectivity index (χ3v) is 1.93. The monoisotopic (exact) mass is 161 g/mol. The summed E-state index contributed by atoms with van der Waals surface area (Å²) in [6, 6.07) is 4.05. The number of aryl methyl sites for hydroxylation is 1. The maximum atomic E-state index is 4.05. The summed E-state index contributed by atoms with van der Waals surface area (Å²) in [6.07, 6.45) is 7.80. The number of nitrogens with zero attached hydrogens (tertiary/aromatic N) is 3. The Bertz CT molecular complexity index is 345. The zero-order valence-electron chi connectivity index (χ0n) is 7.01. The minimum Gasteiger partial charge on any atom is -0.348 e. The summed E-state index contributed by atoms with van der Waals surface area (Å²) in [5.74, 6) is 0. The van der Waals surface area contributed by atoms with Crippen molar-refractivity contribution in [2.45, 2.75) is 6.54 Å². The van der Waals surface area contributed by atoms with Crippen LogP contribution in [-0.4, -0.2) is 14.1 Å². The molecule has 0 radical (unpaired) electrons. The van der Waals surface area contributed by atoms with Gasteiger partial charge in [-0.3, -0.25) is 0 Å². The molecule has 2 rings (SSSR count). The molecular formula is C9H11N3. The summed E-state index contributed by atoms with van der Waals surface area (Å²) >= 11 is 0. The summed E-state index contributed by atoms with van der Waals surface area (Å²) in [6.45, 7) is 0.892. The molecule has 2 aromatic heterocycles. The van der Waals surface area contributed by atoms with E-state index in [0.717, 1.165) is 6.54 Å². The first-order valence-corrected chi connectivity index (χ1v) is 3.92. The van der Waals surface area contributed by atoms with Crippen LogP contribution in [0.1, 0.15) is 5.69 Å². The molecule has 0 fully saturated rings. The fraction of sp³-hybridized carbons (Fsp3) is 0.222. The second-order valence-corrected chi connectivity index (χ2v) is 2.85. The fourth-order valence-electron chi connectivity index (χ4n) is 1.20. The molecule has 0 saturated heterocycles. The predicted molar refractivity (Wildman–Crippen MR) is 46.7 cm³/mol. The first-order chi connectivity index (χ1) is 5.86. The molecule has 0 aromatic carbocycles. The van der Waals surface area contributed by atoms with Crippen LogP contribution in [0, 0.1) is 0 Å². The molecule has 0 N–H and O–H groups in total. The number of rotatable bonds is 2. The molecule has 0 amide bonds. The van der Waals surface area contributed by atoms with E-state index < -0.39 is 0 Å². The number of imidazole rings is 1. The first-order valence-electron chi connectivity index (χ1n) is 3.92. The Morgan fingerprint density at radius 2 is 2.08 bits per heavy atom. The number of hydrogen-bond donors (Lipinski definition) is 0. The van der Waals surface area contributed by atoms with Crippen LogP contribution >= 0.6 is 0 Å². The summed E-state index contributed by atoms with van der Waals surface area (Å²) in [7, 11) is 2.01. The Hall–Kier alpha value is -1.51. The molecule has 0 atom stereocenters. The van der Waals surface area contributed by atoms with Gasteiger partial charge in [0.05, 0.1) is 18.6 Å². The van der Waals surface area contributed by atoms with E-state index in [4.69, 9.17) is 0 Å². The van der Waals surface area contributed by atoms with Crippen molar-refractivity contribution in [3.63, 3.8) is 0 Å². The van der Waals surface area contributed by atoms with Gasteiger partial charge in [0.25, 0.3) is 0 Å². The van der Waals surface area contributed by atoms with Crippen LogP contribution in [0.2, 0.25) is 0 Å². The van der Waals surface area contributed by atoms with Crippen molar-refractivity contribution in [1.82, 2.24) is 14.1 Å². The number of hydrogen-bond acceptors (Lipinski definition) is 1. The predicted octanol–water partition coefficient (Wildman–Crippen LogP) is 1.27. The van der Waals surface area contributed by atoms with Crippen LogP contribution in [0.3, 0.4) is 0 Å². The van der Waals surface area contributed by atoms with E-state index in [1.54, 1.807) is 0 Å². The molecule has 62 valence electrons. The Morgan fingerprint density at radius 3 is 2.67 bits per heavy atom. The van der Waals surface area contributed by atoms with Crippen LogP contribution in [0.5, 0.6) is 0 Å². The van der Waals surface area contributed by atoms with Crippen molar-refractivity contribution in [3.05, 3.63) is 42.7 Å². The maximum absolute atomic E-state index is 4.05. The van der Waals surface area contributed by atoms with E-state index >= 15 is 0 Å². The standard InChI is InChI=1S/C9H11N3/c1-11-8-10-6-9(11)7-12-4-2-3-5-12/h2-6,8H,7H2,1H3. The van der Waals surface area contributed by atoms with Gasteiger partial charge in [0.1, 0.15) is 0 Å². The summed E-state index contributed by atoms with van der Waals surface area (Å²) in [5, 5.41) is 0. The first kappa shape index (κ1) is 7.16. The Labute approximate surface area is 71.3 Å². The van der Waals surface area contributed by atoms with E-state index in [0.29, 0.717) is 0 Å². The summed E-state index contributed by atoms with van der Waals surface area (Å²) in [5.41, 5.74) is 1.21. The molecule has 12 heavy (non-hydrogen) atoms. The minimum absolute atomic E-state index is 0.892. The molecule has 0 spiro atoms. The van der Waals surface area contributed by atoms with Crippen molar-refractivity contribution < 1.29 is 0 Å². The van der Waals surface area contributed by atoms with Crippen molar-refractivity contribution in [3.8, 4) is 0 Å². The van der Waals surface area contributed by atoms with Gasteiger partial charge >= 0.3 is 0 Å². The van der Waals surface area contributed by atoms with Crippen molar-refractivity contribution >= 4 is 0 Å². The van der Waals surface area contributed by atoms with E-state index in [1.165, 1.54) is 5.69 Å². The maximum Gasteiger partial charge on any atom is 0.0946 e. The van der Waals surface area contributed by atoms with Crippen LogP contribution in [0.15, 0.2) is 37.1 Å². The highest BCUT2D eigenvalue weighted by Crippen LogP contribution is 2.00. The van der Waals surface area contributed by atoms with Gasteiger partial charge in [0, 0.05) is 25.6 Å².